The quantitative estimate of drug-likeness (QED) is 0.714. The summed E-state index contributed by atoms with van der Waals surface area (Å²) in [7, 11) is -3.75. The van der Waals surface area contributed by atoms with Crippen LogP contribution in [0.5, 0.6) is 0 Å². The Morgan fingerprint density at radius 1 is 1.38 bits per heavy atom. The second-order valence-electron chi connectivity index (χ2n) is 7.29. The first-order chi connectivity index (χ1) is 13.8. The molecule has 0 bridgehead atoms. The van der Waals surface area contributed by atoms with Crippen LogP contribution in [0, 0.1) is 5.92 Å². The summed E-state index contributed by atoms with van der Waals surface area (Å²) in [5.41, 5.74) is 0.259. The highest BCUT2D eigenvalue weighted by molar-refractivity contribution is 7.89. The maximum absolute atomic E-state index is 13.1. The summed E-state index contributed by atoms with van der Waals surface area (Å²) in [5, 5.41) is 10.8. The third-order valence-electron chi connectivity index (χ3n) is 5.10. The summed E-state index contributed by atoms with van der Waals surface area (Å²) in [6, 6.07) is 4.36. The summed E-state index contributed by atoms with van der Waals surface area (Å²) in [4.78, 5) is 12.5. The molecule has 1 unspecified atom stereocenters. The fraction of sp³-hybridized carbons (Fsp3) is 0.526. The van der Waals surface area contributed by atoms with Crippen molar-refractivity contribution in [3.63, 3.8) is 0 Å². The maximum Gasteiger partial charge on any atom is 0.251 e. The second kappa shape index (κ2) is 9.23. The molecule has 2 heterocycles. The number of benzene rings is 1. The smallest absolute Gasteiger partial charge is 0.251 e. The van der Waals surface area contributed by atoms with E-state index in [1.165, 1.54) is 22.5 Å². The summed E-state index contributed by atoms with van der Waals surface area (Å²) in [6.45, 7) is 6.08. The lowest BCUT2D eigenvalue weighted by Gasteiger charge is -2.30. The van der Waals surface area contributed by atoms with Crippen molar-refractivity contribution in [2.75, 3.05) is 19.6 Å². The number of carbonyl (C=O) groups excluding carboxylic acids is 1. The fourth-order valence-electron chi connectivity index (χ4n) is 3.47. The Labute approximate surface area is 176 Å². The number of carbonyl (C=O) groups is 1. The number of hydrogen-bond acceptors (Lipinski definition) is 5. The highest BCUT2D eigenvalue weighted by Gasteiger charge is 2.30. The molecule has 1 aliphatic heterocycles. The van der Waals surface area contributed by atoms with Gasteiger partial charge in [-0.15, -0.1) is 10.2 Å². The number of hydrogen-bond donors (Lipinski definition) is 1. The van der Waals surface area contributed by atoms with E-state index in [2.05, 4.69) is 15.5 Å². The van der Waals surface area contributed by atoms with Gasteiger partial charge < -0.3 is 9.88 Å². The number of sulfonamides is 1. The predicted octanol–water partition coefficient (Wildman–Crippen LogP) is 2.34. The van der Waals surface area contributed by atoms with Crippen molar-refractivity contribution in [1.82, 2.24) is 24.4 Å². The molecule has 0 aliphatic carbocycles. The first-order valence-corrected chi connectivity index (χ1v) is 11.6. The molecule has 0 saturated carbocycles. The third-order valence-corrected chi connectivity index (χ3v) is 7.45. The van der Waals surface area contributed by atoms with Crippen LogP contribution in [0.3, 0.4) is 0 Å². The molecular weight excluding hydrogens is 414 g/mol. The Bertz CT molecular complexity index is 976. The lowest BCUT2D eigenvalue weighted by molar-refractivity contribution is 0.0953. The van der Waals surface area contributed by atoms with Crippen LogP contribution in [0.15, 0.2) is 29.4 Å². The second-order valence-corrected chi connectivity index (χ2v) is 9.61. The first-order valence-electron chi connectivity index (χ1n) is 9.77. The lowest BCUT2D eigenvalue weighted by atomic mass is 10.0. The van der Waals surface area contributed by atoms with E-state index in [1.54, 1.807) is 6.33 Å². The van der Waals surface area contributed by atoms with Crippen LogP contribution in [0.1, 0.15) is 42.9 Å². The minimum atomic E-state index is -3.75. The average Bonchev–Trinajstić information content (AvgIpc) is 3.15. The standard InChI is InChI=1S/C19H26ClN5O3S/c1-3-24-13-22-23-18(24)8-9-21-19(26)15-6-7-16(20)17(11-15)29(27,28)25-10-4-5-14(2)12-25/h6-7,11,13-14H,3-5,8-10,12H2,1-2H3,(H,21,26). The highest BCUT2D eigenvalue weighted by Crippen LogP contribution is 2.29. The summed E-state index contributed by atoms with van der Waals surface area (Å²) < 4.78 is 29.5. The van der Waals surface area contributed by atoms with Crippen molar-refractivity contribution >= 4 is 27.5 Å². The summed E-state index contributed by atoms with van der Waals surface area (Å²) >= 11 is 6.19. The van der Waals surface area contributed by atoms with Crippen LogP contribution in [-0.4, -0.2) is 53.0 Å². The van der Waals surface area contributed by atoms with Crippen molar-refractivity contribution in [1.29, 1.82) is 0 Å². The molecule has 0 radical (unpaired) electrons. The van der Waals surface area contributed by atoms with Crippen molar-refractivity contribution in [2.24, 2.45) is 5.92 Å². The molecule has 1 aliphatic rings. The van der Waals surface area contributed by atoms with Crippen molar-refractivity contribution in [3.05, 3.63) is 40.9 Å². The minimum absolute atomic E-state index is 0.0216. The number of rotatable bonds is 7. The van der Waals surface area contributed by atoms with Crippen LogP contribution in [0.2, 0.25) is 5.02 Å². The van der Waals surface area contributed by atoms with Gasteiger partial charge in [-0.05, 0) is 43.9 Å². The van der Waals surface area contributed by atoms with Gasteiger partial charge in [0.1, 0.15) is 17.0 Å². The summed E-state index contributed by atoms with van der Waals surface area (Å²) in [5.74, 6) is 0.730. The van der Waals surface area contributed by atoms with Crippen molar-refractivity contribution in [2.45, 2.75) is 44.6 Å². The molecule has 1 aromatic carbocycles. The maximum atomic E-state index is 13.1. The number of nitrogens with zero attached hydrogens (tertiary/aromatic N) is 4. The van der Waals surface area contributed by atoms with E-state index in [-0.39, 0.29) is 21.4 Å². The van der Waals surface area contributed by atoms with Gasteiger partial charge >= 0.3 is 0 Å². The number of aryl methyl sites for hydroxylation is 1. The molecule has 1 aromatic heterocycles. The monoisotopic (exact) mass is 439 g/mol. The number of amides is 1. The van der Waals surface area contributed by atoms with Gasteiger partial charge in [-0.1, -0.05) is 18.5 Å². The number of piperidine rings is 1. The average molecular weight is 440 g/mol. The Morgan fingerprint density at radius 2 is 2.17 bits per heavy atom. The van der Waals surface area contributed by atoms with Gasteiger partial charge in [0.15, 0.2) is 0 Å². The van der Waals surface area contributed by atoms with Gasteiger partial charge in [-0.3, -0.25) is 4.79 Å². The Morgan fingerprint density at radius 3 is 2.90 bits per heavy atom. The molecule has 1 amide bonds. The zero-order valence-electron chi connectivity index (χ0n) is 16.6. The summed E-state index contributed by atoms with van der Waals surface area (Å²) in [6.07, 6.45) is 4.01. The highest BCUT2D eigenvalue weighted by atomic mass is 35.5. The van der Waals surface area contributed by atoms with Gasteiger partial charge in [0.25, 0.3) is 5.91 Å². The van der Waals surface area contributed by atoms with Crippen molar-refractivity contribution < 1.29 is 13.2 Å². The van der Waals surface area contributed by atoms with E-state index in [0.29, 0.717) is 32.0 Å². The Balaban J connectivity index is 1.71. The van der Waals surface area contributed by atoms with Crippen LogP contribution in [0.4, 0.5) is 0 Å². The van der Waals surface area contributed by atoms with E-state index in [4.69, 9.17) is 11.6 Å². The van der Waals surface area contributed by atoms with Gasteiger partial charge in [0.05, 0.1) is 5.02 Å². The molecule has 10 heteroatoms. The van der Waals surface area contributed by atoms with E-state index in [1.807, 2.05) is 18.4 Å². The van der Waals surface area contributed by atoms with E-state index >= 15 is 0 Å². The molecule has 1 fully saturated rings. The third kappa shape index (κ3) is 4.96. The van der Waals surface area contributed by atoms with E-state index < -0.39 is 10.0 Å². The van der Waals surface area contributed by atoms with Crippen LogP contribution >= 0.6 is 11.6 Å². The van der Waals surface area contributed by atoms with Crippen LogP contribution < -0.4 is 5.32 Å². The molecule has 2 aromatic rings. The molecular formula is C19H26ClN5O3S. The molecule has 8 nitrogen and oxygen atoms in total. The molecule has 29 heavy (non-hydrogen) atoms. The Kier molecular flexibility index (Phi) is 6.92. The lowest BCUT2D eigenvalue weighted by Crippen LogP contribution is -2.39. The first kappa shape index (κ1) is 21.7. The Hall–Kier alpha value is -1.97. The molecule has 1 saturated heterocycles. The van der Waals surface area contributed by atoms with Gasteiger partial charge in [0, 0.05) is 38.2 Å². The number of aromatic nitrogens is 3. The molecule has 1 N–H and O–H groups in total. The predicted molar refractivity (Wildman–Crippen MR) is 110 cm³/mol. The molecule has 1 atom stereocenters. The SMILES string of the molecule is CCn1cnnc1CCNC(=O)c1ccc(Cl)c(S(=O)(=O)N2CCCC(C)C2)c1. The zero-order valence-corrected chi connectivity index (χ0v) is 18.2. The fourth-order valence-corrected chi connectivity index (χ4v) is 5.57. The van der Waals surface area contributed by atoms with Crippen LogP contribution in [-0.2, 0) is 23.0 Å². The molecule has 0 spiro atoms. The minimum Gasteiger partial charge on any atom is -0.352 e. The largest absolute Gasteiger partial charge is 0.352 e. The normalized spacial score (nSPS) is 18.0. The zero-order chi connectivity index (χ0) is 21.0. The van der Waals surface area contributed by atoms with Crippen LogP contribution in [0.25, 0.3) is 0 Å². The molecule has 3 rings (SSSR count). The molecule has 158 valence electrons. The van der Waals surface area contributed by atoms with Gasteiger partial charge in [-0.25, -0.2) is 8.42 Å². The topological polar surface area (TPSA) is 97.2 Å². The van der Waals surface area contributed by atoms with Crippen molar-refractivity contribution in [3.8, 4) is 0 Å². The van der Waals surface area contributed by atoms with E-state index in [0.717, 1.165) is 25.2 Å². The number of nitrogens with one attached hydrogen (secondary N) is 1. The van der Waals surface area contributed by atoms with E-state index in [9.17, 15) is 13.2 Å². The van der Waals surface area contributed by atoms with Gasteiger partial charge in [0.2, 0.25) is 10.0 Å². The van der Waals surface area contributed by atoms with Gasteiger partial charge in [-0.2, -0.15) is 4.31 Å². The number of halogens is 1.